The van der Waals surface area contributed by atoms with Crippen LogP contribution >= 0.6 is 0 Å². The van der Waals surface area contributed by atoms with E-state index >= 15 is 0 Å². The lowest BCUT2D eigenvalue weighted by atomic mass is 9.78. The second-order valence-electron chi connectivity index (χ2n) is 8.78. The Labute approximate surface area is 178 Å². The van der Waals surface area contributed by atoms with Gasteiger partial charge in [0.15, 0.2) is 0 Å². The Morgan fingerprint density at radius 2 is 1.80 bits per heavy atom. The monoisotopic (exact) mass is 423 g/mol. The predicted octanol–water partition coefficient (Wildman–Crippen LogP) is 2.16. The SMILES string of the molecule is CCCCC(CCOC)(C(=O)O)n1cc(OC)c(B2OC(C)(C)C(C)(C)O2)cc1=O. The first-order valence-electron chi connectivity index (χ1n) is 10.3. The van der Waals surface area contributed by atoms with Gasteiger partial charge in [0.05, 0.1) is 24.5 Å². The number of rotatable bonds is 10. The average molecular weight is 423 g/mol. The number of aromatic nitrogens is 1. The van der Waals surface area contributed by atoms with Crippen LogP contribution in [0, 0.1) is 0 Å². The number of aliphatic carboxylic acids is 1. The van der Waals surface area contributed by atoms with Crippen molar-refractivity contribution in [3.63, 3.8) is 0 Å². The van der Waals surface area contributed by atoms with Gasteiger partial charge < -0.3 is 23.9 Å². The molecular formula is C21H34BNO7. The first-order valence-corrected chi connectivity index (χ1v) is 10.3. The van der Waals surface area contributed by atoms with Crippen molar-refractivity contribution in [1.29, 1.82) is 0 Å². The van der Waals surface area contributed by atoms with E-state index in [1.807, 2.05) is 34.6 Å². The van der Waals surface area contributed by atoms with Gasteiger partial charge in [-0.25, -0.2) is 4.79 Å². The Hall–Kier alpha value is -1.84. The van der Waals surface area contributed by atoms with Crippen molar-refractivity contribution < 1.29 is 28.7 Å². The lowest BCUT2D eigenvalue weighted by Crippen LogP contribution is -2.50. The Morgan fingerprint density at radius 1 is 1.20 bits per heavy atom. The van der Waals surface area contributed by atoms with E-state index < -0.39 is 35.4 Å². The molecule has 1 unspecified atom stereocenters. The first kappa shape index (κ1) is 24.4. The number of ether oxygens (including phenoxy) is 2. The maximum Gasteiger partial charge on any atom is 0.498 e. The third-order valence-electron chi connectivity index (χ3n) is 6.30. The second-order valence-corrected chi connectivity index (χ2v) is 8.78. The Morgan fingerprint density at radius 3 is 2.27 bits per heavy atom. The summed E-state index contributed by atoms with van der Waals surface area (Å²) in [7, 11) is 2.20. The molecule has 1 saturated heterocycles. The molecule has 1 fully saturated rings. The fraction of sp³-hybridized carbons (Fsp3) is 0.714. The van der Waals surface area contributed by atoms with Crippen LogP contribution in [0.3, 0.4) is 0 Å². The van der Waals surface area contributed by atoms with Crippen LogP contribution in [0.1, 0.15) is 60.3 Å². The molecule has 168 valence electrons. The lowest BCUT2D eigenvalue weighted by Gasteiger charge is -2.32. The van der Waals surface area contributed by atoms with Gasteiger partial charge in [-0.05, 0) is 34.1 Å². The van der Waals surface area contributed by atoms with Gasteiger partial charge in [0.1, 0.15) is 11.3 Å². The molecule has 1 aromatic heterocycles. The maximum atomic E-state index is 13.2. The zero-order valence-corrected chi connectivity index (χ0v) is 19.1. The smallest absolute Gasteiger partial charge is 0.496 e. The highest BCUT2D eigenvalue weighted by molar-refractivity contribution is 6.63. The molecule has 0 amide bonds. The second kappa shape index (κ2) is 9.12. The molecular weight excluding hydrogens is 389 g/mol. The molecule has 0 radical (unpaired) electrons. The topological polar surface area (TPSA) is 96.2 Å². The molecule has 0 bridgehead atoms. The van der Waals surface area contributed by atoms with Gasteiger partial charge in [0, 0.05) is 31.7 Å². The van der Waals surface area contributed by atoms with E-state index in [4.69, 9.17) is 18.8 Å². The minimum absolute atomic E-state index is 0.164. The number of carboxylic acid groups (broad SMARTS) is 1. The Balaban J connectivity index is 2.59. The van der Waals surface area contributed by atoms with Gasteiger partial charge >= 0.3 is 13.1 Å². The van der Waals surface area contributed by atoms with Crippen LogP contribution in [0.2, 0.25) is 0 Å². The number of hydrogen-bond donors (Lipinski definition) is 1. The molecule has 1 atom stereocenters. The van der Waals surface area contributed by atoms with E-state index in [-0.39, 0.29) is 13.0 Å². The summed E-state index contributed by atoms with van der Waals surface area (Å²) < 4.78 is 24.1. The van der Waals surface area contributed by atoms with Crippen LogP contribution in [0.5, 0.6) is 5.75 Å². The molecule has 1 N–H and O–H groups in total. The Kier molecular flexibility index (Phi) is 7.43. The zero-order chi connectivity index (χ0) is 22.7. The van der Waals surface area contributed by atoms with Crippen molar-refractivity contribution in [2.24, 2.45) is 0 Å². The zero-order valence-electron chi connectivity index (χ0n) is 19.1. The predicted molar refractivity (Wildman–Crippen MR) is 115 cm³/mol. The van der Waals surface area contributed by atoms with Crippen LogP contribution < -0.4 is 15.8 Å². The summed E-state index contributed by atoms with van der Waals surface area (Å²) in [5.74, 6) is -0.729. The number of methoxy groups -OCH3 is 2. The van der Waals surface area contributed by atoms with E-state index in [2.05, 4.69) is 0 Å². The molecule has 9 heteroatoms. The van der Waals surface area contributed by atoms with Crippen molar-refractivity contribution in [2.45, 2.75) is 77.0 Å². The summed E-state index contributed by atoms with van der Waals surface area (Å²) in [6.45, 7) is 9.88. The number of unbranched alkanes of at least 4 members (excludes halogenated alkanes) is 1. The first-order chi connectivity index (χ1) is 14.0. The molecule has 0 saturated carbocycles. The fourth-order valence-electron chi connectivity index (χ4n) is 3.61. The van der Waals surface area contributed by atoms with Crippen molar-refractivity contribution in [3.8, 4) is 5.75 Å². The van der Waals surface area contributed by atoms with Crippen molar-refractivity contribution in [3.05, 3.63) is 22.6 Å². The average Bonchev–Trinajstić information content (AvgIpc) is 2.89. The minimum atomic E-state index is -1.43. The van der Waals surface area contributed by atoms with Crippen LogP contribution in [0.4, 0.5) is 0 Å². The molecule has 0 aliphatic carbocycles. The molecule has 1 aliphatic rings. The highest BCUT2D eigenvalue weighted by Gasteiger charge is 2.53. The summed E-state index contributed by atoms with van der Waals surface area (Å²) >= 11 is 0. The fourth-order valence-corrected chi connectivity index (χ4v) is 3.61. The summed E-state index contributed by atoms with van der Waals surface area (Å²) in [4.78, 5) is 25.5. The Bertz CT molecular complexity index is 794. The van der Waals surface area contributed by atoms with Gasteiger partial charge in [-0.1, -0.05) is 19.8 Å². The van der Waals surface area contributed by atoms with Gasteiger partial charge in [0.2, 0.25) is 0 Å². The van der Waals surface area contributed by atoms with E-state index in [0.717, 1.165) is 6.42 Å². The van der Waals surface area contributed by atoms with E-state index in [1.165, 1.54) is 31.0 Å². The van der Waals surface area contributed by atoms with Gasteiger partial charge in [-0.15, -0.1) is 0 Å². The highest BCUT2D eigenvalue weighted by Crippen LogP contribution is 2.37. The molecule has 8 nitrogen and oxygen atoms in total. The molecule has 1 aromatic rings. The lowest BCUT2D eigenvalue weighted by molar-refractivity contribution is -0.149. The van der Waals surface area contributed by atoms with Gasteiger partial charge in [-0.2, -0.15) is 0 Å². The standard InChI is InChI=1S/C21H34BNO7/c1-8-9-10-21(18(25)26,11-12-27-6)23-14-16(28-7)15(13-17(23)24)22-29-19(2,3)20(4,5)30-22/h13-14H,8-12H2,1-7H3,(H,25,26). The molecule has 0 aromatic carbocycles. The largest absolute Gasteiger partial charge is 0.498 e. The summed E-state index contributed by atoms with van der Waals surface area (Å²) in [6, 6.07) is 1.36. The van der Waals surface area contributed by atoms with Crippen molar-refractivity contribution in [1.82, 2.24) is 4.57 Å². The summed E-state index contributed by atoms with van der Waals surface area (Å²) in [5.41, 5.74) is -2.59. The van der Waals surface area contributed by atoms with Crippen LogP contribution in [0.15, 0.2) is 17.1 Å². The van der Waals surface area contributed by atoms with E-state index in [0.29, 0.717) is 24.1 Å². The molecule has 30 heavy (non-hydrogen) atoms. The van der Waals surface area contributed by atoms with Crippen LogP contribution in [-0.2, 0) is 24.4 Å². The molecule has 2 heterocycles. The number of carbonyl (C=O) groups is 1. The third kappa shape index (κ3) is 4.43. The maximum absolute atomic E-state index is 13.2. The van der Waals surface area contributed by atoms with Gasteiger partial charge in [0.25, 0.3) is 5.56 Å². The number of carboxylic acids is 1. The van der Waals surface area contributed by atoms with E-state index in [9.17, 15) is 14.7 Å². The minimum Gasteiger partial charge on any atom is -0.496 e. The van der Waals surface area contributed by atoms with Crippen molar-refractivity contribution in [2.75, 3.05) is 20.8 Å². The highest BCUT2D eigenvalue weighted by atomic mass is 16.7. The van der Waals surface area contributed by atoms with Crippen LogP contribution in [-0.4, -0.2) is 54.8 Å². The number of nitrogens with zero attached hydrogens (tertiary/aromatic N) is 1. The van der Waals surface area contributed by atoms with Gasteiger partial charge in [-0.3, -0.25) is 9.36 Å². The molecule has 1 aliphatic heterocycles. The summed E-state index contributed by atoms with van der Waals surface area (Å²) in [6.07, 6.45) is 3.39. The molecule has 0 spiro atoms. The van der Waals surface area contributed by atoms with Crippen LogP contribution in [0.25, 0.3) is 0 Å². The normalized spacial score (nSPS) is 19.5. The number of pyridine rings is 1. The van der Waals surface area contributed by atoms with Crippen molar-refractivity contribution >= 4 is 18.6 Å². The summed E-state index contributed by atoms with van der Waals surface area (Å²) in [5, 5.41) is 10.1. The van der Waals surface area contributed by atoms with E-state index in [1.54, 1.807) is 0 Å². The quantitative estimate of drug-likeness (QED) is 0.576. The third-order valence-corrected chi connectivity index (χ3v) is 6.30. The molecule has 2 rings (SSSR count). The number of hydrogen-bond acceptors (Lipinski definition) is 6.